The lowest BCUT2D eigenvalue weighted by Crippen LogP contribution is -2.53. The van der Waals surface area contributed by atoms with Crippen molar-refractivity contribution in [1.29, 1.82) is 0 Å². The smallest absolute Gasteiger partial charge is 0.198 e. The maximum atomic E-state index is 13.3. The number of hydrogen-bond acceptors (Lipinski definition) is 10. The summed E-state index contributed by atoms with van der Waals surface area (Å²) in [6.07, 6.45) is -4.74. The van der Waals surface area contributed by atoms with Gasteiger partial charge in [0.05, 0.1) is 35.5 Å². The summed E-state index contributed by atoms with van der Waals surface area (Å²) in [5, 5.41) is 42.3. The van der Waals surface area contributed by atoms with Gasteiger partial charge in [-0.1, -0.05) is 24.3 Å². The van der Waals surface area contributed by atoms with Gasteiger partial charge in [0.25, 0.3) is 0 Å². The van der Waals surface area contributed by atoms with Crippen LogP contribution in [0.1, 0.15) is 68.8 Å². The predicted octanol–water partition coefficient (Wildman–Crippen LogP) is 0.632. The number of ketones is 3. The van der Waals surface area contributed by atoms with Crippen LogP contribution in [0.5, 0.6) is 11.5 Å². The molecular formula is C25H25NO9. The highest BCUT2D eigenvalue weighted by atomic mass is 16.7. The van der Waals surface area contributed by atoms with E-state index < -0.39 is 59.0 Å². The molecule has 10 nitrogen and oxygen atoms in total. The van der Waals surface area contributed by atoms with Crippen LogP contribution in [-0.4, -0.2) is 68.4 Å². The fourth-order valence-electron chi connectivity index (χ4n) is 5.13. The minimum absolute atomic E-state index is 0.0344. The highest BCUT2D eigenvalue weighted by Gasteiger charge is 2.48. The molecule has 1 unspecified atom stereocenters. The second kappa shape index (κ2) is 8.21. The molecule has 0 aromatic heterocycles. The highest BCUT2D eigenvalue weighted by molar-refractivity contribution is 6.30. The SMILES string of the molecule is CC(=O)[C@]1(N)Cc2c(O)c3c(c(O)c2C(O[C@H]2C[C@H](O)[C@H](O)CO2)C1)C(=O)c1ccccc1C3=O. The van der Waals surface area contributed by atoms with Crippen molar-refractivity contribution in [2.24, 2.45) is 5.73 Å². The number of aliphatic hydroxyl groups excluding tert-OH is 2. The number of carbonyl (C=O) groups excluding carboxylic acids is 3. The van der Waals surface area contributed by atoms with Gasteiger partial charge in [-0.2, -0.15) is 0 Å². The number of ether oxygens (including phenoxy) is 2. The van der Waals surface area contributed by atoms with E-state index in [4.69, 9.17) is 15.2 Å². The lowest BCUT2D eigenvalue weighted by Gasteiger charge is -2.41. The first kappa shape index (κ1) is 23.6. The third-order valence-electron chi connectivity index (χ3n) is 7.17. The van der Waals surface area contributed by atoms with Gasteiger partial charge < -0.3 is 35.6 Å². The molecule has 0 spiro atoms. The summed E-state index contributed by atoms with van der Waals surface area (Å²) >= 11 is 0. The van der Waals surface area contributed by atoms with E-state index in [-0.39, 0.29) is 59.3 Å². The Morgan fingerprint density at radius 3 is 2.23 bits per heavy atom. The fourth-order valence-corrected chi connectivity index (χ4v) is 5.13. The first-order valence-corrected chi connectivity index (χ1v) is 11.3. The monoisotopic (exact) mass is 483 g/mol. The number of aromatic hydroxyl groups is 2. The molecule has 3 aliphatic rings. The number of rotatable bonds is 3. The van der Waals surface area contributed by atoms with Crippen LogP contribution in [-0.2, 0) is 20.7 Å². The molecule has 0 saturated carbocycles. The second-order valence-electron chi connectivity index (χ2n) is 9.39. The number of carbonyl (C=O) groups is 3. The lowest BCUT2D eigenvalue weighted by atomic mass is 9.71. The third-order valence-corrected chi connectivity index (χ3v) is 7.17. The Kier molecular flexibility index (Phi) is 5.53. The summed E-state index contributed by atoms with van der Waals surface area (Å²) in [6, 6.07) is 6.10. The molecule has 1 heterocycles. The molecule has 1 aliphatic heterocycles. The number of Topliss-reactive ketones (excluding diaryl/α,β-unsaturated/α-hetero) is 1. The maximum absolute atomic E-state index is 13.3. The van der Waals surface area contributed by atoms with E-state index in [0.717, 1.165) is 0 Å². The second-order valence-corrected chi connectivity index (χ2v) is 9.39. The van der Waals surface area contributed by atoms with Gasteiger partial charge in [-0.25, -0.2) is 0 Å². The number of nitrogens with two attached hydrogens (primary N) is 1. The predicted molar refractivity (Wildman–Crippen MR) is 119 cm³/mol. The molecule has 1 saturated heterocycles. The zero-order valence-electron chi connectivity index (χ0n) is 18.9. The van der Waals surface area contributed by atoms with E-state index in [1.807, 2.05) is 0 Å². The minimum Gasteiger partial charge on any atom is -0.507 e. The largest absolute Gasteiger partial charge is 0.507 e. The molecule has 0 amide bonds. The van der Waals surface area contributed by atoms with E-state index in [9.17, 15) is 34.8 Å². The van der Waals surface area contributed by atoms with Crippen molar-refractivity contribution < 1.29 is 44.3 Å². The van der Waals surface area contributed by atoms with Crippen LogP contribution in [0.15, 0.2) is 24.3 Å². The molecular weight excluding hydrogens is 458 g/mol. The summed E-state index contributed by atoms with van der Waals surface area (Å²) in [6.45, 7) is 1.09. The number of fused-ring (bicyclic) bond motifs is 3. The lowest BCUT2D eigenvalue weighted by molar-refractivity contribution is -0.238. The van der Waals surface area contributed by atoms with Crippen molar-refractivity contribution in [3.63, 3.8) is 0 Å². The molecule has 2 aromatic carbocycles. The zero-order chi connectivity index (χ0) is 25.2. The Morgan fingerprint density at radius 1 is 1.06 bits per heavy atom. The van der Waals surface area contributed by atoms with E-state index in [0.29, 0.717) is 0 Å². The van der Waals surface area contributed by atoms with Crippen LogP contribution in [0.4, 0.5) is 0 Å². The Labute approximate surface area is 199 Å². The van der Waals surface area contributed by atoms with Crippen molar-refractivity contribution in [1.82, 2.24) is 0 Å². The van der Waals surface area contributed by atoms with E-state index in [2.05, 4.69) is 0 Å². The first-order chi connectivity index (χ1) is 16.5. The molecule has 0 radical (unpaired) electrons. The van der Waals surface area contributed by atoms with Gasteiger partial charge in [0.15, 0.2) is 17.9 Å². The van der Waals surface area contributed by atoms with Gasteiger partial charge in [-0.15, -0.1) is 0 Å². The third kappa shape index (κ3) is 3.57. The van der Waals surface area contributed by atoms with Crippen LogP contribution in [0.25, 0.3) is 0 Å². The number of benzene rings is 2. The Bertz CT molecular complexity index is 1270. The van der Waals surface area contributed by atoms with E-state index in [1.165, 1.54) is 19.1 Å². The molecule has 2 aromatic rings. The van der Waals surface area contributed by atoms with Crippen LogP contribution >= 0.6 is 0 Å². The van der Waals surface area contributed by atoms with Crippen molar-refractivity contribution >= 4 is 17.3 Å². The highest BCUT2D eigenvalue weighted by Crippen LogP contribution is 2.51. The van der Waals surface area contributed by atoms with Gasteiger partial charge in [0.1, 0.15) is 23.4 Å². The molecule has 6 N–H and O–H groups in total. The summed E-state index contributed by atoms with van der Waals surface area (Å²) in [4.78, 5) is 39.0. The quantitative estimate of drug-likeness (QED) is 0.332. The molecule has 10 heteroatoms. The number of aliphatic hydroxyl groups is 2. The van der Waals surface area contributed by atoms with E-state index >= 15 is 0 Å². The van der Waals surface area contributed by atoms with Crippen molar-refractivity contribution in [2.45, 2.75) is 56.3 Å². The van der Waals surface area contributed by atoms with Gasteiger partial charge in [0, 0.05) is 41.5 Å². The molecule has 2 aliphatic carbocycles. The summed E-state index contributed by atoms with van der Waals surface area (Å²) in [5.41, 5.74) is 4.47. The summed E-state index contributed by atoms with van der Waals surface area (Å²) in [5.74, 6) is -2.74. The Balaban J connectivity index is 1.67. The van der Waals surface area contributed by atoms with E-state index in [1.54, 1.807) is 12.1 Å². The molecule has 184 valence electrons. The van der Waals surface area contributed by atoms with Crippen molar-refractivity contribution in [2.75, 3.05) is 6.61 Å². The number of hydrogen-bond donors (Lipinski definition) is 5. The zero-order valence-corrected chi connectivity index (χ0v) is 18.9. The average molecular weight is 483 g/mol. The molecule has 1 fully saturated rings. The summed E-state index contributed by atoms with van der Waals surface area (Å²) < 4.78 is 11.4. The molecule has 5 rings (SSSR count). The minimum atomic E-state index is -1.50. The summed E-state index contributed by atoms with van der Waals surface area (Å²) in [7, 11) is 0. The molecule has 0 bridgehead atoms. The Morgan fingerprint density at radius 2 is 1.66 bits per heavy atom. The standard InChI is InChI=1S/C25H25NO9/c1-10(27)25(26)7-13-18(16(8-25)35-17-6-14(28)15(29)9-34-17)24(33)20-19(23(13)32)21(30)11-4-2-3-5-12(11)22(20)31/h2-5,14-17,28-29,32-33H,6-9,26H2,1H3/t14-,15+,16?,17-,25-/m0/s1. The van der Waals surface area contributed by atoms with Gasteiger partial charge in [-0.05, 0) is 6.92 Å². The Hall–Kier alpha value is -3.15. The van der Waals surface area contributed by atoms with Gasteiger partial charge in [0.2, 0.25) is 0 Å². The number of phenols is 2. The maximum Gasteiger partial charge on any atom is 0.198 e. The normalized spacial score (nSPS) is 29.8. The first-order valence-electron chi connectivity index (χ1n) is 11.3. The van der Waals surface area contributed by atoms with Crippen LogP contribution in [0.2, 0.25) is 0 Å². The van der Waals surface area contributed by atoms with Crippen LogP contribution < -0.4 is 5.73 Å². The van der Waals surface area contributed by atoms with Gasteiger partial charge in [-0.3, -0.25) is 14.4 Å². The van der Waals surface area contributed by atoms with Crippen molar-refractivity contribution in [3.8, 4) is 11.5 Å². The van der Waals surface area contributed by atoms with Crippen molar-refractivity contribution in [3.05, 3.63) is 57.6 Å². The topological polar surface area (TPSA) is 177 Å². The fraction of sp³-hybridized carbons (Fsp3) is 0.400. The van der Waals surface area contributed by atoms with Gasteiger partial charge >= 0.3 is 0 Å². The average Bonchev–Trinajstić information content (AvgIpc) is 2.82. The molecule has 35 heavy (non-hydrogen) atoms. The molecule has 5 atom stereocenters. The van der Waals surface area contributed by atoms with Crippen LogP contribution in [0.3, 0.4) is 0 Å². The van der Waals surface area contributed by atoms with Crippen LogP contribution in [0, 0.1) is 0 Å². The number of phenolic OH excluding ortho intramolecular Hbond substituents is 2.